The first-order valence-corrected chi connectivity index (χ1v) is 8.91. The Labute approximate surface area is 143 Å². The van der Waals surface area contributed by atoms with Crippen molar-refractivity contribution in [1.29, 1.82) is 0 Å². The number of carbonyl (C=O) groups excluding carboxylic acids is 2. The van der Waals surface area contributed by atoms with Gasteiger partial charge in [0.15, 0.2) is 0 Å². The summed E-state index contributed by atoms with van der Waals surface area (Å²) in [6.07, 6.45) is 3.12. The number of piperidine rings is 1. The molecule has 1 unspecified atom stereocenters. The average Bonchev–Trinajstić information content (AvgIpc) is 3.27. The molecule has 1 heterocycles. The van der Waals surface area contributed by atoms with Crippen molar-refractivity contribution in [2.75, 3.05) is 25.0 Å². The molecule has 2 amide bonds. The maximum Gasteiger partial charge on any atom is 0.253 e. The Balaban J connectivity index is 1.65. The minimum Gasteiger partial charge on any atom is -0.352 e. The number of nitrogens with one attached hydrogen (secondary N) is 3. The molecule has 1 aromatic rings. The lowest BCUT2D eigenvalue weighted by molar-refractivity contribution is -0.118. The van der Waals surface area contributed by atoms with Crippen LogP contribution in [0.1, 0.15) is 43.5 Å². The highest BCUT2D eigenvalue weighted by molar-refractivity contribution is 6.04. The van der Waals surface area contributed by atoms with Crippen LogP contribution in [0.4, 0.5) is 5.69 Å². The van der Waals surface area contributed by atoms with Crippen LogP contribution in [-0.4, -0.2) is 31.4 Å². The summed E-state index contributed by atoms with van der Waals surface area (Å²) in [4.78, 5) is 25.0. The van der Waals surface area contributed by atoms with Crippen molar-refractivity contribution in [3.63, 3.8) is 0 Å². The van der Waals surface area contributed by atoms with Gasteiger partial charge in [0.25, 0.3) is 5.91 Å². The van der Waals surface area contributed by atoms with Gasteiger partial charge in [-0.25, -0.2) is 0 Å². The molecule has 130 valence electrons. The van der Waals surface area contributed by atoms with E-state index in [0.29, 0.717) is 23.7 Å². The summed E-state index contributed by atoms with van der Waals surface area (Å²) in [6.45, 7) is 6.73. The molecule has 0 bridgehead atoms. The maximum atomic E-state index is 12.6. The molecule has 24 heavy (non-hydrogen) atoms. The lowest BCUT2D eigenvalue weighted by atomic mass is 9.91. The quantitative estimate of drug-likeness (QED) is 0.777. The van der Waals surface area contributed by atoms with E-state index in [1.807, 2.05) is 12.1 Å². The number of benzene rings is 1. The minimum atomic E-state index is -0.132. The van der Waals surface area contributed by atoms with Gasteiger partial charge in [0.05, 0.1) is 11.3 Å². The standard InChI is InChI=1S/C19H27N3O2/c1-13(2)12-21-17(23)14-5-3-4-6-16(14)22-18(24)15-11-19(15)7-9-20-10-8-19/h3-6,13,15,20H,7-12H2,1-2H3,(H,21,23)(H,22,24). The van der Waals surface area contributed by atoms with Crippen molar-refractivity contribution < 1.29 is 9.59 Å². The third-order valence-electron chi connectivity index (χ3n) is 5.21. The van der Waals surface area contributed by atoms with Crippen LogP contribution in [0.3, 0.4) is 0 Å². The van der Waals surface area contributed by atoms with E-state index in [9.17, 15) is 9.59 Å². The first-order chi connectivity index (χ1) is 11.5. The summed E-state index contributed by atoms with van der Waals surface area (Å²) >= 11 is 0. The number of anilines is 1. The third kappa shape index (κ3) is 3.61. The van der Waals surface area contributed by atoms with Crippen molar-refractivity contribution in [3.8, 4) is 0 Å². The second-order valence-electron chi connectivity index (χ2n) is 7.51. The van der Waals surface area contributed by atoms with E-state index in [0.717, 1.165) is 32.4 Å². The Morgan fingerprint density at radius 3 is 2.67 bits per heavy atom. The van der Waals surface area contributed by atoms with Gasteiger partial charge in [-0.05, 0) is 55.8 Å². The third-order valence-corrected chi connectivity index (χ3v) is 5.21. The van der Waals surface area contributed by atoms with Crippen LogP contribution in [0.25, 0.3) is 0 Å². The Morgan fingerprint density at radius 2 is 1.96 bits per heavy atom. The van der Waals surface area contributed by atoms with E-state index in [1.54, 1.807) is 12.1 Å². The molecular formula is C19H27N3O2. The van der Waals surface area contributed by atoms with Crippen LogP contribution in [0.5, 0.6) is 0 Å². The monoisotopic (exact) mass is 329 g/mol. The second-order valence-corrected chi connectivity index (χ2v) is 7.51. The summed E-state index contributed by atoms with van der Waals surface area (Å²) in [5, 5.41) is 9.26. The van der Waals surface area contributed by atoms with Gasteiger partial charge >= 0.3 is 0 Å². The zero-order valence-electron chi connectivity index (χ0n) is 14.5. The Morgan fingerprint density at radius 1 is 1.25 bits per heavy atom. The topological polar surface area (TPSA) is 70.2 Å². The van der Waals surface area contributed by atoms with Crippen molar-refractivity contribution in [2.45, 2.75) is 33.1 Å². The van der Waals surface area contributed by atoms with Gasteiger partial charge in [0.2, 0.25) is 5.91 Å². The highest BCUT2D eigenvalue weighted by atomic mass is 16.2. The largest absolute Gasteiger partial charge is 0.352 e. The summed E-state index contributed by atoms with van der Waals surface area (Å²) in [7, 11) is 0. The van der Waals surface area contributed by atoms with Gasteiger partial charge in [-0.2, -0.15) is 0 Å². The van der Waals surface area contributed by atoms with Crippen LogP contribution < -0.4 is 16.0 Å². The molecule has 1 aliphatic carbocycles. The van der Waals surface area contributed by atoms with Gasteiger partial charge in [-0.15, -0.1) is 0 Å². The number of hydrogen-bond donors (Lipinski definition) is 3. The SMILES string of the molecule is CC(C)CNC(=O)c1ccccc1NC(=O)C1CC12CCNCC2. The predicted octanol–water partition coefficient (Wildman–Crippen LogP) is 2.40. The van der Waals surface area contributed by atoms with Crippen LogP contribution in [-0.2, 0) is 4.79 Å². The zero-order valence-corrected chi connectivity index (χ0v) is 14.5. The molecule has 1 aromatic carbocycles. The van der Waals surface area contributed by atoms with Crippen LogP contribution in [0, 0.1) is 17.3 Å². The lowest BCUT2D eigenvalue weighted by Crippen LogP contribution is -2.32. The summed E-state index contributed by atoms with van der Waals surface area (Å²) in [6, 6.07) is 7.24. The second kappa shape index (κ2) is 6.93. The number of rotatable bonds is 5. The Bertz CT molecular complexity index is 621. The molecule has 3 rings (SSSR count). The first kappa shape index (κ1) is 17.0. The Kier molecular flexibility index (Phi) is 4.90. The molecule has 5 heteroatoms. The number of amides is 2. The van der Waals surface area contributed by atoms with Crippen LogP contribution in [0.15, 0.2) is 24.3 Å². The number of carbonyl (C=O) groups is 2. The Hall–Kier alpha value is -1.88. The molecule has 1 saturated carbocycles. The van der Waals surface area contributed by atoms with E-state index in [2.05, 4.69) is 29.8 Å². The molecule has 0 radical (unpaired) electrons. The zero-order chi connectivity index (χ0) is 17.2. The molecule has 1 saturated heterocycles. The van der Waals surface area contributed by atoms with Gasteiger partial charge < -0.3 is 16.0 Å². The van der Waals surface area contributed by atoms with Gasteiger partial charge in [0, 0.05) is 12.5 Å². The summed E-state index contributed by atoms with van der Waals surface area (Å²) < 4.78 is 0. The van der Waals surface area contributed by atoms with E-state index >= 15 is 0 Å². The minimum absolute atomic E-state index is 0.0565. The smallest absolute Gasteiger partial charge is 0.253 e. The molecule has 3 N–H and O–H groups in total. The maximum absolute atomic E-state index is 12.6. The number of hydrogen-bond acceptors (Lipinski definition) is 3. The van der Waals surface area contributed by atoms with E-state index in [1.165, 1.54) is 0 Å². The number of para-hydroxylation sites is 1. The fourth-order valence-electron chi connectivity index (χ4n) is 3.60. The molecule has 0 aromatic heterocycles. The molecule has 1 atom stereocenters. The fourth-order valence-corrected chi connectivity index (χ4v) is 3.60. The average molecular weight is 329 g/mol. The van der Waals surface area contributed by atoms with E-state index in [-0.39, 0.29) is 23.1 Å². The molecular weight excluding hydrogens is 302 g/mol. The first-order valence-electron chi connectivity index (χ1n) is 8.91. The highest BCUT2D eigenvalue weighted by Gasteiger charge is 2.57. The molecule has 5 nitrogen and oxygen atoms in total. The van der Waals surface area contributed by atoms with Crippen molar-refractivity contribution >= 4 is 17.5 Å². The normalized spacial score (nSPS) is 21.5. The van der Waals surface area contributed by atoms with Crippen molar-refractivity contribution in [2.24, 2.45) is 17.3 Å². The van der Waals surface area contributed by atoms with Gasteiger partial charge in [-0.3, -0.25) is 9.59 Å². The van der Waals surface area contributed by atoms with E-state index in [4.69, 9.17) is 0 Å². The lowest BCUT2D eigenvalue weighted by Gasteiger charge is -2.23. The van der Waals surface area contributed by atoms with Crippen molar-refractivity contribution in [1.82, 2.24) is 10.6 Å². The predicted molar refractivity (Wildman–Crippen MR) is 94.9 cm³/mol. The summed E-state index contributed by atoms with van der Waals surface area (Å²) in [5.41, 5.74) is 1.34. The van der Waals surface area contributed by atoms with Gasteiger partial charge in [0.1, 0.15) is 0 Å². The van der Waals surface area contributed by atoms with Crippen LogP contribution in [0.2, 0.25) is 0 Å². The molecule has 1 spiro atoms. The van der Waals surface area contributed by atoms with Crippen LogP contribution >= 0.6 is 0 Å². The molecule has 2 fully saturated rings. The molecule has 1 aliphatic heterocycles. The van der Waals surface area contributed by atoms with E-state index < -0.39 is 0 Å². The fraction of sp³-hybridized carbons (Fsp3) is 0.579. The highest BCUT2D eigenvalue weighted by Crippen LogP contribution is 2.58. The summed E-state index contributed by atoms with van der Waals surface area (Å²) in [5.74, 6) is 0.404. The molecule has 2 aliphatic rings. The van der Waals surface area contributed by atoms with Gasteiger partial charge in [-0.1, -0.05) is 26.0 Å². The van der Waals surface area contributed by atoms with Crippen molar-refractivity contribution in [3.05, 3.63) is 29.8 Å².